The fourth-order valence-electron chi connectivity index (χ4n) is 3.24. The van der Waals surface area contributed by atoms with Crippen molar-refractivity contribution >= 4 is 27.7 Å². The van der Waals surface area contributed by atoms with Crippen LogP contribution in [0.25, 0.3) is 0 Å². The van der Waals surface area contributed by atoms with Crippen LogP contribution in [0.15, 0.2) is 53.4 Å². The van der Waals surface area contributed by atoms with E-state index in [2.05, 4.69) is 20.7 Å². The first kappa shape index (κ1) is 30.8. The molecule has 1 atom stereocenters. The molecular weight excluding hydrogens is 525 g/mol. The van der Waals surface area contributed by atoms with Crippen LogP contribution in [0.1, 0.15) is 48.7 Å². The Morgan fingerprint density at radius 2 is 1.53 bits per heavy atom. The Balaban J connectivity index is 2.05. The molecule has 13 heteroatoms. The molecule has 0 saturated heterocycles. The van der Waals surface area contributed by atoms with Crippen LogP contribution in [0.2, 0.25) is 0 Å². The van der Waals surface area contributed by atoms with Crippen LogP contribution in [-0.4, -0.2) is 50.8 Å². The minimum absolute atomic E-state index is 0.0921. The molecular formula is C25H31F3N4O5S. The molecule has 0 radical (unpaired) electrons. The Morgan fingerprint density at radius 3 is 2.11 bits per heavy atom. The first-order chi connectivity index (χ1) is 17.5. The van der Waals surface area contributed by atoms with Crippen LogP contribution < -0.4 is 20.7 Å². The van der Waals surface area contributed by atoms with Crippen LogP contribution in [0, 0.1) is 6.92 Å². The molecule has 9 nitrogen and oxygen atoms in total. The Labute approximate surface area is 219 Å². The van der Waals surface area contributed by atoms with E-state index in [1.165, 1.54) is 18.2 Å². The van der Waals surface area contributed by atoms with E-state index in [-0.39, 0.29) is 23.5 Å². The zero-order valence-electron chi connectivity index (χ0n) is 21.4. The number of hydrogen-bond acceptors (Lipinski definition) is 5. The number of hydrogen-bond donors (Lipinski definition) is 4. The highest BCUT2D eigenvalue weighted by Gasteiger charge is 2.31. The quantitative estimate of drug-likeness (QED) is 0.334. The smallest absolute Gasteiger partial charge is 0.353 e. The second-order valence-electron chi connectivity index (χ2n) is 9.61. The summed E-state index contributed by atoms with van der Waals surface area (Å²) in [6, 6.07) is 8.30. The monoisotopic (exact) mass is 556 g/mol. The highest BCUT2D eigenvalue weighted by Crippen LogP contribution is 2.29. The molecule has 0 spiro atoms. The van der Waals surface area contributed by atoms with Crippen molar-refractivity contribution in [1.29, 1.82) is 0 Å². The van der Waals surface area contributed by atoms with Gasteiger partial charge in [0.15, 0.2) is 0 Å². The summed E-state index contributed by atoms with van der Waals surface area (Å²) in [6.45, 7) is 6.62. The number of amides is 3. The number of nitrogens with one attached hydrogen (secondary N) is 4. The van der Waals surface area contributed by atoms with E-state index in [4.69, 9.17) is 0 Å². The van der Waals surface area contributed by atoms with Gasteiger partial charge in [-0.05, 0) is 58.0 Å². The normalized spacial score (nSPS) is 12.9. The molecule has 2 aromatic carbocycles. The van der Waals surface area contributed by atoms with Crippen molar-refractivity contribution < 1.29 is 36.0 Å². The molecule has 0 bridgehead atoms. The molecule has 2 aromatic rings. The maximum atomic E-state index is 12.9. The summed E-state index contributed by atoms with van der Waals surface area (Å²) in [6.07, 6.45) is -5.10. The van der Waals surface area contributed by atoms with E-state index >= 15 is 0 Å². The lowest BCUT2D eigenvalue weighted by atomic mass is 10.1. The van der Waals surface area contributed by atoms with Crippen molar-refractivity contribution in [3.63, 3.8) is 0 Å². The molecule has 3 amide bonds. The predicted molar refractivity (Wildman–Crippen MR) is 135 cm³/mol. The highest BCUT2D eigenvalue weighted by molar-refractivity contribution is 7.89. The van der Waals surface area contributed by atoms with E-state index in [0.29, 0.717) is 6.07 Å². The van der Waals surface area contributed by atoms with Gasteiger partial charge < -0.3 is 16.0 Å². The standard InChI is InChI=1S/C25H31F3N4O5S/c1-16-8-10-19(11-9-16)38(36,37)32-20(15-21(33)31-24(2,3)4)23(35)30-13-12-29-22(34)17-6-5-7-18(14-17)25(26,27)28/h5-11,14,20,32H,12-13,15H2,1-4H3,(H,29,34)(H,30,35)(H,31,33)/t20-/m0/s1. The minimum atomic E-state index is -4.61. The van der Waals surface area contributed by atoms with E-state index in [0.717, 1.165) is 17.7 Å². The van der Waals surface area contributed by atoms with Gasteiger partial charge in [0.05, 0.1) is 16.9 Å². The number of rotatable bonds is 10. The van der Waals surface area contributed by atoms with Crippen molar-refractivity contribution in [2.75, 3.05) is 13.1 Å². The Kier molecular flexibility index (Phi) is 10.0. The van der Waals surface area contributed by atoms with Crippen molar-refractivity contribution in [3.8, 4) is 0 Å². The number of benzene rings is 2. The summed E-state index contributed by atoms with van der Waals surface area (Å²) in [4.78, 5) is 37.4. The lowest BCUT2D eigenvalue weighted by Crippen LogP contribution is -2.51. The molecule has 2 rings (SSSR count). The molecule has 0 aliphatic rings. The third-order valence-electron chi connectivity index (χ3n) is 5.01. The van der Waals surface area contributed by atoms with E-state index in [9.17, 15) is 36.0 Å². The maximum absolute atomic E-state index is 12.9. The molecule has 0 unspecified atom stereocenters. The molecule has 0 fully saturated rings. The van der Waals surface area contributed by atoms with Gasteiger partial charge in [-0.2, -0.15) is 17.9 Å². The number of halogens is 3. The zero-order valence-corrected chi connectivity index (χ0v) is 22.2. The first-order valence-corrected chi connectivity index (χ1v) is 13.1. The summed E-state index contributed by atoms with van der Waals surface area (Å²) in [5.41, 5.74) is -0.985. The van der Waals surface area contributed by atoms with Gasteiger partial charge in [0.25, 0.3) is 5.91 Å². The van der Waals surface area contributed by atoms with Crippen LogP contribution in [0.3, 0.4) is 0 Å². The number of sulfonamides is 1. The number of carbonyl (C=O) groups excluding carboxylic acids is 3. The van der Waals surface area contributed by atoms with Crippen molar-refractivity contribution in [1.82, 2.24) is 20.7 Å². The average molecular weight is 557 g/mol. The summed E-state index contributed by atoms with van der Waals surface area (Å²) < 4.78 is 66.5. The van der Waals surface area contributed by atoms with E-state index in [1.807, 2.05) is 0 Å². The van der Waals surface area contributed by atoms with E-state index in [1.54, 1.807) is 39.8 Å². The fourth-order valence-corrected chi connectivity index (χ4v) is 4.43. The second kappa shape index (κ2) is 12.4. The molecule has 0 saturated carbocycles. The third kappa shape index (κ3) is 9.78. The molecule has 208 valence electrons. The van der Waals surface area contributed by atoms with Gasteiger partial charge in [0.1, 0.15) is 6.04 Å². The maximum Gasteiger partial charge on any atom is 0.416 e. The molecule has 0 aliphatic carbocycles. The summed E-state index contributed by atoms with van der Waals surface area (Å²) >= 11 is 0. The lowest BCUT2D eigenvalue weighted by Gasteiger charge is -2.23. The molecule has 4 N–H and O–H groups in total. The minimum Gasteiger partial charge on any atom is -0.353 e. The Morgan fingerprint density at radius 1 is 0.921 bits per heavy atom. The second-order valence-corrected chi connectivity index (χ2v) is 11.3. The van der Waals surface area contributed by atoms with Crippen molar-refractivity contribution in [2.24, 2.45) is 0 Å². The molecule has 0 aliphatic heterocycles. The van der Waals surface area contributed by atoms with E-state index < -0.39 is 57.5 Å². The van der Waals surface area contributed by atoms with Crippen LogP contribution >= 0.6 is 0 Å². The van der Waals surface area contributed by atoms with Crippen molar-refractivity contribution in [2.45, 2.75) is 56.8 Å². The van der Waals surface area contributed by atoms with Gasteiger partial charge in [-0.1, -0.05) is 23.8 Å². The van der Waals surface area contributed by atoms with Gasteiger partial charge in [0, 0.05) is 24.2 Å². The first-order valence-electron chi connectivity index (χ1n) is 11.6. The number of carbonyl (C=O) groups is 3. The average Bonchev–Trinajstić information content (AvgIpc) is 2.79. The Hall–Kier alpha value is -3.45. The molecule has 0 heterocycles. The fraction of sp³-hybridized carbons (Fsp3) is 0.400. The summed E-state index contributed by atoms with van der Waals surface area (Å²) in [5.74, 6) is -2.17. The van der Waals surface area contributed by atoms with Crippen molar-refractivity contribution in [3.05, 3.63) is 65.2 Å². The highest BCUT2D eigenvalue weighted by atomic mass is 32.2. The van der Waals surface area contributed by atoms with Gasteiger partial charge in [-0.3, -0.25) is 14.4 Å². The zero-order chi connectivity index (χ0) is 28.7. The van der Waals surface area contributed by atoms with Crippen LogP contribution in [-0.2, 0) is 25.8 Å². The SMILES string of the molecule is Cc1ccc(S(=O)(=O)N[C@@H](CC(=O)NC(C)(C)C)C(=O)NCCNC(=O)c2cccc(C(F)(F)F)c2)cc1. The Bertz CT molecular complexity index is 1260. The predicted octanol–water partition coefficient (Wildman–Crippen LogP) is 2.51. The number of alkyl halides is 3. The third-order valence-corrected chi connectivity index (χ3v) is 6.50. The topological polar surface area (TPSA) is 133 Å². The van der Waals surface area contributed by atoms with Gasteiger partial charge in [0.2, 0.25) is 21.8 Å². The van der Waals surface area contributed by atoms with Gasteiger partial charge >= 0.3 is 6.18 Å². The van der Waals surface area contributed by atoms with Crippen LogP contribution in [0.4, 0.5) is 13.2 Å². The largest absolute Gasteiger partial charge is 0.416 e. The van der Waals surface area contributed by atoms with Gasteiger partial charge in [-0.25, -0.2) is 8.42 Å². The summed E-state index contributed by atoms with van der Waals surface area (Å²) in [5, 5.41) is 7.48. The summed E-state index contributed by atoms with van der Waals surface area (Å²) in [7, 11) is -4.16. The van der Waals surface area contributed by atoms with Crippen LogP contribution in [0.5, 0.6) is 0 Å². The van der Waals surface area contributed by atoms with Gasteiger partial charge in [-0.15, -0.1) is 0 Å². The lowest BCUT2D eigenvalue weighted by molar-refractivity contribution is -0.137. The molecule has 0 aromatic heterocycles. The molecule has 38 heavy (non-hydrogen) atoms. The number of aryl methyl sites for hydroxylation is 1.